The van der Waals surface area contributed by atoms with Crippen LogP contribution in [0.5, 0.6) is 0 Å². The zero-order chi connectivity index (χ0) is 24.0. The summed E-state index contributed by atoms with van der Waals surface area (Å²) < 4.78 is 16.5. The van der Waals surface area contributed by atoms with Gasteiger partial charge in [-0.1, -0.05) is 18.2 Å². The Morgan fingerprint density at radius 3 is 2.52 bits per heavy atom. The predicted molar refractivity (Wildman–Crippen MR) is 118 cm³/mol. The monoisotopic (exact) mass is 454 g/mol. The molecule has 0 N–H and O–H groups in total. The molecule has 0 spiro atoms. The van der Waals surface area contributed by atoms with Crippen molar-refractivity contribution < 1.29 is 33.4 Å². The summed E-state index contributed by atoms with van der Waals surface area (Å²) in [4.78, 5) is 53.7. The maximum absolute atomic E-state index is 13.2. The fourth-order valence-corrected chi connectivity index (χ4v) is 3.75. The predicted octanol–water partition coefficient (Wildman–Crippen LogP) is 2.72. The third-order valence-corrected chi connectivity index (χ3v) is 5.10. The molecule has 0 amide bonds. The van der Waals surface area contributed by atoms with Crippen molar-refractivity contribution in [3.05, 3.63) is 58.7 Å². The fraction of sp³-hybridized carbons (Fsp3) is 0.375. The van der Waals surface area contributed by atoms with E-state index in [2.05, 4.69) is 4.98 Å². The Kier molecular flexibility index (Phi) is 7.76. The van der Waals surface area contributed by atoms with Crippen LogP contribution in [0.4, 0.5) is 0 Å². The van der Waals surface area contributed by atoms with Crippen molar-refractivity contribution >= 4 is 29.8 Å². The third-order valence-electron chi connectivity index (χ3n) is 5.10. The van der Waals surface area contributed by atoms with Crippen LogP contribution in [0.2, 0.25) is 0 Å². The van der Waals surface area contributed by atoms with E-state index in [4.69, 9.17) is 14.2 Å². The summed E-state index contributed by atoms with van der Waals surface area (Å²) in [5.41, 5.74) is 2.25. The number of Topliss-reactive ketones (excluding diaryl/α,β-unsaturated/α-hetero) is 1. The van der Waals surface area contributed by atoms with Crippen LogP contribution in [-0.4, -0.2) is 53.1 Å². The van der Waals surface area contributed by atoms with E-state index < -0.39 is 18.0 Å². The summed E-state index contributed by atoms with van der Waals surface area (Å²) in [5, 5.41) is 0. The fourth-order valence-electron chi connectivity index (χ4n) is 3.75. The number of esters is 3. The van der Waals surface area contributed by atoms with Gasteiger partial charge in [-0.15, -0.1) is 0 Å². The molecule has 0 aliphatic heterocycles. The Morgan fingerprint density at radius 2 is 1.82 bits per heavy atom. The van der Waals surface area contributed by atoms with Crippen LogP contribution in [0.25, 0.3) is 6.08 Å². The van der Waals surface area contributed by atoms with Crippen LogP contribution in [0.1, 0.15) is 64.6 Å². The van der Waals surface area contributed by atoms with E-state index in [0.29, 0.717) is 16.8 Å². The lowest BCUT2D eigenvalue weighted by atomic mass is 10.0. The zero-order valence-corrected chi connectivity index (χ0v) is 18.8. The maximum Gasteiger partial charge on any atom is 0.374 e. The van der Waals surface area contributed by atoms with E-state index in [1.807, 2.05) is 0 Å². The molecule has 1 aromatic carbocycles. The van der Waals surface area contributed by atoms with E-state index in [0.717, 1.165) is 5.56 Å². The van der Waals surface area contributed by atoms with Crippen LogP contribution < -0.4 is 0 Å². The van der Waals surface area contributed by atoms with Gasteiger partial charge in [0.25, 0.3) is 0 Å². The molecule has 33 heavy (non-hydrogen) atoms. The summed E-state index contributed by atoms with van der Waals surface area (Å²) in [6, 6.07) is 4.48. The molecule has 1 atom stereocenters. The molecule has 3 rings (SSSR count). The van der Waals surface area contributed by atoms with Gasteiger partial charge in [0.15, 0.2) is 5.78 Å². The first-order valence-electron chi connectivity index (χ1n) is 10.8. The Balaban J connectivity index is 1.95. The minimum atomic E-state index is -0.736. The molecule has 9 nitrogen and oxygen atoms in total. The lowest BCUT2D eigenvalue weighted by molar-refractivity contribution is -0.142. The number of hydrogen-bond acceptors (Lipinski definition) is 8. The largest absolute Gasteiger partial charge is 0.466 e. The van der Waals surface area contributed by atoms with Crippen LogP contribution in [0.3, 0.4) is 0 Å². The number of carbonyl (C=O) groups is 4. The number of rotatable bonds is 9. The molecule has 0 saturated carbocycles. The lowest BCUT2D eigenvalue weighted by Gasteiger charge is -2.13. The van der Waals surface area contributed by atoms with Gasteiger partial charge < -0.3 is 18.8 Å². The van der Waals surface area contributed by atoms with Crippen molar-refractivity contribution in [3.8, 4) is 0 Å². The molecule has 1 unspecified atom stereocenters. The molecular weight excluding hydrogens is 428 g/mol. The van der Waals surface area contributed by atoms with E-state index >= 15 is 0 Å². The smallest absolute Gasteiger partial charge is 0.374 e. The molecule has 174 valence electrons. The van der Waals surface area contributed by atoms with Crippen LogP contribution in [0.15, 0.2) is 30.5 Å². The highest BCUT2D eigenvalue weighted by molar-refractivity contribution is 6.04. The molecule has 1 aliphatic carbocycles. The van der Waals surface area contributed by atoms with Gasteiger partial charge in [0, 0.05) is 24.3 Å². The van der Waals surface area contributed by atoms with E-state index in [1.54, 1.807) is 39.0 Å². The molecule has 0 bridgehead atoms. The van der Waals surface area contributed by atoms with Crippen molar-refractivity contribution in [1.82, 2.24) is 9.55 Å². The molecule has 1 heterocycles. The Bertz CT molecular complexity index is 1100. The zero-order valence-electron chi connectivity index (χ0n) is 18.8. The molecule has 0 saturated heterocycles. The second-order valence-electron chi connectivity index (χ2n) is 7.21. The summed E-state index contributed by atoms with van der Waals surface area (Å²) in [6.45, 7) is 5.74. The van der Waals surface area contributed by atoms with Crippen LogP contribution >= 0.6 is 0 Å². The molecule has 1 aromatic heterocycles. The van der Waals surface area contributed by atoms with Gasteiger partial charge in [0.1, 0.15) is 6.04 Å². The van der Waals surface area contributed by atoms with Crippen LogP contribution in [0, 0.1) is 0 Å². The van der Waals surface area contributed by atoms with E-state index in [1.165, 1.54) is 22.9 Å². The summed E-state index contributed by atoms with van der Waals surface area (Å²) in [7, 11) is 0. The Hall–Kier alpha value is -3.75. The molecule has 1 aliphatic rings. The average Bonchev–Trinajstić information content (AvgIpc) is 3.35. The summed E-state index contributed by atoms with van der Waals surface area (Å²) in [6.07, 6.45) is 4.48. The number of hydrogen-bond donors (Lipinski definition) is 0. The summed E-state index contributed by atoms with van der Waals surface area (Å²) in [5.74, 6) is -1.83. The summed E-state index contributed by atoms with van der Waals surface area (Å²) >= 11 is 0. The van der Waals surface area contributed by atoms with Crippen molar-refractivity contribution in [2.75, 3.05) is 19.8 Å². The number of ketones is 1. The highest BCUT2D eigenvalue weighted by Crippen LogP contribution is 2.34. The lowest BCUT2D eigenvalue weighted by Crippen LogP contribution is -2.21. The molecule has 0 fully saturated rings. The first kappa shape index (κ1) is 23.9. The standard InChI is InChI=1S/C24H26N2O7/c1-4-31-20(27)11-10-16-14-26(23(25-16)24(30)33-6-3)19-13-18-15(12-21(28)32-5-2)8-7-9-17(18)22(19)29/h7-11,14,19H,4-6,12-13H2,1-3H3/b11-10+. The normalized spacial score (nSPS) is 14.9. The molecule has 2 aromatic rings. The number of carbonyl (C=O) groups excluding carboxylic acids is 4. The number of nitrogens with zero attached hydrogens (tertiary/aromatic N) is 2. The topological polar surface area (TPSA) is 114 Å². The van der Waals surface area contributed by atoms with Gasteiger partial charge in [-0.2, -0.15) is 0 Å². The van der Waals surface area contributed by atoms with Crippen molar-refractivity contribution in [2.24, 2.45) is 0 Å². The van der Waals surface area contributed by atoms with Crippen molar-refractivity contribution in [2.45, 2.75) is 39.7 Å². The second kappa shape index (κ2) is 10.7. The SMILES string of the molecule is CCOC(=O)/C=C/c1cn(C2Cc3c(CC(=O)OCC)cccc3C2=O)c(C(=O)OCC)n1. The van der Waals surface area contributed by atoms with Gasteiger partial charge in [0.2, 0.25) is 5.82 Å². The first-order chi connectivity index (χ1) is 15.9. The highest BCUT2D eigenvalue weighted by Gasteiger charge is 2.36. The van der Waals surface area contributed by atoms with E-state index in [-0.39, 0.29) is 50.2 Å². The van der Waals surface area contributed by atoms with Crippen molar-refractivity contribution in [3.63, 3.8) is 0 Å². The average molecular weight is 454 g/mol. The van der Waals surface area contributed by atoms with Gasteiger partial charge in [0.05, 0.1) is 31.9 Å². The van der Waals surface area contributed by atoms with Gasteiger partial charge in [-0.3, -0.25) is 9.59 Å². The number of benzene rings is 1. The first-order valence-corrected chi connectivity index (χ1v) is 10.8. The molecule has 0 radical (unpaired) electrons. The molecule has 9 heteroatoms. The van der Waals surface area contributed by atoms with E-state index in [9.17, 15) is 19.2 Å². The quantitative estimate of drug-likeness (QED) is 0.323. The Morgan fingerprint density at radius 1 is 1.09 bits per heavy atom. The molecular formula is C24H26N2O7. The second-order valence-corrected chi connectivity index (χ2v) is 7.21. The van der Waals surface area contributed by atoms with Crippen molar-refractivity contribution in [1.29, 1.82) is 0 Å². The number of fused-ring (bicyclic) bond motifs is 1. The van der Waals surface area contributed by atoms with Gasteiger partial charge in [-0.05, 0) is 38.0 Å². The highest BCUT2D eigenvalue weighted by atomic mass is 16.5. The minimum absolute atomic E-state index is 0.0431. The van der Waals surface area contributed by atoms with Crippen LogP contribution in [-0.2, 0) is 36.6 Å². The number of imidazole rings is 1. The number of ether oxygens (including phenoxy) is 3. The number of aromatic nitrogens is 2. The minimum Gasteiger partial charge on any atom is -0.466 e. The Labute approximate surface area is 191 Å². The van der Waals surface area contributed by atoms with Gasteiger partial charge >= 0.3 is 17.9 Å². The van der Waals surface area contributed by atoms with Gasteiger partial charge in [-0.25, -0.2) is 14.6 Å². The third kappa shape index (κ3) is 5.36. The maximum atomic E-state index is 13.2.